The number of hydrogen-bond acceptors (Lipinski definition) is 4. The average molecular weight is 410 g/mol. The minimum Gasteiger partial charge on any atom is -0.326 e. The van der Waals surface area contributed by atoms with E-state index in [1.807, 2.05) is 0 Å². The molecule has 0 unspecified atom stereocenters. The number of nitrogens with one attached hydrogen (secondary N) is 2. The van der Waals surface area contributed by atoms with Gasteiger partial charge in [-0.3, -0.25) is 13.9 Å². The van der Waals surface area contributed by atoms with Gasteiger partial charge in [0.15, 0.2) is 0 Å². The number of benzene rings is 2. The van der Waals surface area contributed by atoms with E-state index in [1.54, 1.807) is 36.4 Å². The fourth-order valence-electron chi connectivity index (χ4n) is 2.48. The van der Waals surface area contributed by atoms with Gasteiger partial charge in [0.1, 0.15) is 6.04 Å². The van der Waals surface area contributed by atoms with E-state index in [0.717, 1.165) is 10.6 Å². The van der Waals surface area contributed by atoms with Crippen LogP contribution in [0.4, 0.5) is 17.1 Å². The number of amides is 2. The molecule has 0 radical (unpaired) electrons. The predicted molar refractivity (Wildman–Crippen MR) is 108 cm³/mol. The molecule has 2 N–H and O–H groups in total. The number of rotatable bonds is 6. The third kappa shape index (κ3) is 5.70. The Hall–Kier alpha value is -2.58. The first-order chi connectivity index (χ1) is 12.6. The first kappa shape index (κ1) is 20.7. The Morgan fingerprint density at radius 1 is 0.963 bits per heavy atom. The summed E-state index contributed by atoms with van der Waals surface area (Å²) in [6.45, 7) is 2.89. The smallest absolute Gasteiger partial charge is 0.247 e. The highest BCUT2D eigenvalue weighted by Crippen LogP contribution is 2.24. The van der Waals surface area contributed by atoms with Gasteiger partial charge in [-0.05, 0) is 55.5 Å². The summed E-state index contributed by atoms with van der Waals surface area (Å²) in [4.78, 5) is 23.6. The summed E-state index contributed by atoms with van der Waals surface area (Å²) in [5, 5.41) is 5.76. The molecule has 9 heteroatoms. The van der Waals surface area contributed by atoms with E-state index < -0.39 is 22.0 Å². The van der Waals surface area contributed by atoms with E-state index in [4.69, 9.17) is 11.6 Å². The van der Waals surface area contributed by atoms with Crippen molar-refractivity contribution in [1.29, 1.82) is 0 Å². The standard InChI is InChI=1S/C18H20ClN3O4S/c1-12(22(27(3,25)26)17-10-4-14(19)5-11-17)18(24)21-16-8-6-15(7-9-16)20-13(2)23/h4-12H,1-3H3,(H,20,23)(H,21,24)/t12-/m0/s1. The van der Waals surface area contributed by atoms with E-state index in [-0.39, 0.29) is 5.91 Å². The highest BCUT2D eigenvalue weighted by Gasteiger charge is 2.29. The van der Waals surface area contributed by atoms with Crippen molar-refractivity contribution in [3.8, 4) is 0 Å². The third-order valence-corrected chi connectivity index (χ3v) is 5.14. The van der Waals surface area contributed by atoms with Crippen molar-refractivity contribution in [3.63, 3.8) is 0 Å². The molecule has 0 saturated heterocycles. The van der Waals surface area contributed by atoms with Gasteiger partial charge in [0.05, 0.1) is 11.9 Å². The second-order valence-electron chi connectivity index (χ2n) is 5.96. The Kier molecular flexibility index (Phi) is 6.45. The number of sulfonamides is 1. The molecule has 0 aliphatic heterocycles. The maximum Gasteiger partial charge on any atom is 0.247 e. The molecule has 0 bridgehead atoms. The predicted octanol–water partition coefficient (Wildman–Crippen LogP) is 3.09. The molecule has 0 fully saturated rings. The lowest BCUT2D eigenvalue weighted by Gasteiger charge is -2.28. The van der Waals surface area contributed by atoms with E-state index in [0.29, 0.717) is 22.1 Å². The molecule has 2 aromatic carbocycles. The van der Waals surface area contributed by atoms with Crippen molar-refractivity contribution in [2.24, 2.45) is 0 Å². The van der Waals surface area contributed by atoms with Crippen LogP contribution in [0.1, 0.15) is 13.8 Å². The number of nitrogens with zero attached hydrogens (tertiary/aromatic N) is 1. The van der Waals surface area contributed by atoms with Crippen molar-refractivity contribution in [1.82, 2.24) is 0 Å². The second-order valence-corrected chi connectivity index (χ2v) is 8.25. The quantitative estimate of drug-likeness (QED) is 0.766. The van der Waals surface area contributed by atoms with Gasteiger partial charge in [-0.15, -0.1) is 0 Å². The van der Waals surface area contributed by atoms with Crippen LogP contribution in [0.2, 0.25) is 5.02 Å². The molecule has 0 aliphatic carbocycles. The van der Waals surface area contributed by atoms with Gasteiger partial charge >= 0.3 is 0 Å². The zero-order chi connectivity index (χ0) is 20.2. The lowest BCUT2D eigenvalue weighted by Crippen LogP contribution is -2.45. The Morgan fingerprint density at radius 3 is 1.89 bits per heavy atom. The molecule has 7 nitrogen and oxygen atoms in total. The van der Waals surface area contributed by atoms with Crippen LogP contribution < -0.4 is 14.9 Å². The minimum atomic E-state index is -3.71. The lowest BCUT2D eigenvalue weighted by molar-refractivity contribution is -0.117. The maximum atomic E-state index is 12.6. The van der Waals surface area contributed by atoms with Gasteiger partial charge in [0.25, 0.3) is 0 Å². The van der Waals surface area contributed by atoms with E-state index in [1.165, 1.54) is 26.0 Å². The van der Waals surface area contributed by atoms with Crippen LogP contribution in [0.3, 0.4) is 0 Å². The average Bonchev–Trinajstić information content (AvgIpc) is 2.57. The molecule has 0 spiro atoms. The number of hydrogen-bond donors (Lipinski definition) is 2. The summed E-state index contributed by atoms with van der Waals surface area (Å²) >= 11 is 5.85. The summed E-state index contributed by atoms with van der Waals surface area (Å²) in [6.07, 6.45) is 1.04. The first-order valence-electron chi connectivity index (χ1n) is 8.01. The fraction of sp³-hybridized carbons (Fsp3) is 0.222. The molecule has 0 heterocycles. The number of carbonyl (C=O) groups is 2. The largest absolute Gasteiger partial charge is 0.326 e. The first-order valence-corrected chi connectivity index (χ1v) is 10.2. The molecule has 0 aliphatic rings. The normalized spacial score (nSPS) is 12.1. The van der Waals surface area contributed by atoms with Crippen molar-refractivity contribution in [3.05, 3.63) is 53.6 Å². The fourth-order valence-corrected chi connectivity index (χ4v) is 3.78. The van der Waals surface area contributed by atoms with Gasteiger partial charge in [0, 0.05) is 23.3 Å². The van der Waals surface area contributed by atoms with Crippen molar-refractivity contribution < 1.29 is 18.0 Å². The van der Waals surface area contributed by atoms with Crippen LogP contribution in [-0.4, -0.2) is 32.5 Å². The maximum absolute atomic E-state index is 12.6. The zero-order valence-corrected chi connectivity index (χ0v) is 16.6. The number of halogens is 1. The molecule has 1 atom stereocenters. The van der Waals surface area contributed by atoms with Gasteiger partial charge in [-0.2, -0.15) is 0 Å². The Bertz CT molecular complexity index is 928. The topological polar surface area (TPSA) is 95.6 Å². The number of anilines is 3. The van der Waals surface area contributed by atoms with Gasteiger partial charge in [0.2, 0.25) is 21.8 Å². The SMILES string of the molecule is CC(=O)Nc1ccc(NC(=O)[C@H](C)N(c2ccc(Cl)cc2)S(C)(=O)=O)cc1. The van der Waals surface area contributed by atoms with Crippen LogP contribution in [0.5, 0.6) is 0 Å². The second kappa shape index (κ2) is 8.41. The summed E-state index contributed by atoms with van der Waals surface area (Å²) in [5.74, 6) is -0.699. The van der Waals surface area contributed by atoms with Crippen LogP contribution >= 0.6 is 11.6 Å². The van der Waals surface area contributed by atoms with Gasteiger partial charge < -0.3 is 10.6 Å². The highest BCUT2D eigenvalue weighted by atomic mass is 35.5. The molecule has 0 aromatic heterocycles. The molecule has 2 rings (SSSR count). The van der Waals surface area contributed by atoms with Crippen LogP contribution in [-0.2, 0) is 19.6 Å². The molecule has 144 valence electrons. The van der Waals surface area contributed by atoms with Crippen molar-refractivity contribution in [2.45, 2.75) is 19.9 Å². The Labute approximate surface area is 163 Å². The lowest BCUT2D eigenvalue weighted by atomic mass is 10.2. The molecule has 27 heavy (non-hydrogen) atoms. The number of carbonyl (C=O) groups excluding carboxylic acids is 2. The van der Waals surface area contributed by atoms with Gasteiger partial charge in [-0.1, -0.05) is 11.6 Å². The molecular formula is C18H20ClN3O4S. The van der Waals surface area contributed by atoms with E-state index in [2.05, 4.69) is 10.6 Å². The van der Waals surface area contributed by atoms with E-state index >= 15 is 0 Å². The summed E-state index contributed by atoms with van der Waals surface area (Å²) in [7, 11) is -3.71. The third-order valence-electron chi connectivity index (χ3n) is 3.64. The Morgan fingerprint density at radius 2 is 1.44 bits per heavy atom. The summed E-state index contributed by atoms with van der Waals surface area (Å²) < 4.78 is 25.5. The Balaban J connectivity index is 2.19. The molecular weight excluding hydrogens is 390 g/mol. The monoisotopic (exact) mass is 409 g/mol. The molecule has 2 amide bonds. The summed E-state index contributed by atoms with van der Waals surface area (Å²) in [6, 6.07) is 11.7. The molecule has 0 saturated carbocycles. The summed E-state index contributed by atoms with van der Waals surface area (Å²) in [5.41, 5.74) is 1.41. The van der Waals surface area contributed by atoms with Crippen LogP contribution in [0.15, 0.2) is 48.5 Å². The zero-order valence-electron chi connectivity index (χ0n) is 15.1. The van der Waals surface area contributed by atoms with Gasteiger partial charge in [-0.25, -0.2) is 8.42 Å². The molecule has 2 aromatic rings. The van der Waals surface area contributed by atoms with E-state index in [9.17, 15) is 18.0 Å². The van der Waals surface area contributed by atoms with Crippen LogP contribution in [0, 0.1) is 0 Å². The van der Waals surface area contributed by atoms with Crippen molar-refractivity contribution in [2.75, 3.05) is 21.2 Å². The van der Waals surface area contributed by atoms with Crippen LogP contribution in [0.25, 0.3) is 0 Å². The minimum absolute atomic E-state index is 0.202. The highest BCUT2D eigenvalue weighted by molar-refractivity contribution is 7.92. The van der Waals surface area contributed by atoms with Crippen molar-refractivity contribution >= 4 is 50.5 Å².